The van der Waals surface area contributed by atoms with E-state index in [0.29, 0.717) is 6.61 Å². The topological polar surface area (TPSA) is 54.5 Å². The number of likely N-dealkylation sites (tertiary alicyclic amines) is 1. The summed E-state index contributed by atoms with van der Waals surface area (Å²) < 4.78 is 5.52. The van der Waals surface area contributed by atoms with Crippen LogP contribution in [0.5, 0.6) is 0 Å². The molecule has 1 fully saturated rings. The molecule has 1 amide bonds. The molecular weight excluding hydrogens is 302 g/mol. The van der Waals surface area contributed by atoms with Gasteiger partial charge in [0.1, 0.15) is 12.4 Å². The van der Waals surface area contributed by atoms with Gasteiger partial charge in [-0.3, -0.25) is 0 Å². The predicted octanol–water partition coefficient (Wildman–Crippen LogP) is 3.99. The standard InChI is InChI=1S/C19H23N3O2/c1-20-18-11-10-16(13-21-18)17-9-5-6-12-22(17)19(23)24-14-15-7-3-2-4-8-15/h2-4,7-8,10-11,13,17H,5-6,9,12,14H2,1H3,(H,20,21)/t17-/m1/s1. The number of ether oxygens (including phenoxy) is 1. The lowest BCUT2D eigenvalue weighted by Crippen LogP contribution is -2.38. The van der Waals surface area contributed by atoms with Gasteiger partial charge in [0.15, 0.2) is 0 Å². The van der Waals surface area contributed by atoms with Crippen molar-refractivity contribution >= 4 is 11.9 Å². The highest BCUT2D eigenvalue weighted by Crippen LogP contribution is 2.31. The molecule has 0 radical (unpaired) electrons. The van der Waals surface area contributed by atoms with Crippen LogP contribution in [0.1, 0.15) is 36.4 Å². The Balaban J connectivity index is 1.67. The Morgan fingerprint density at radius 2 is 2.08 bits per heavy atom. The van der Waals surface area contributed by atoms with Gasteiger partial charge < -0.3 is 15.0 Å². The molecule has 1 saturated heterocycles. The minimum atomic E-state index is -0.249. The van der Waals surface area contributed by atoms with Gasteiger partial charge in [-0.25, -0.2) is 9.78 Å². The van der Waals surface area contributed by atoms with Gasteiger partial charge in [-0.1, -0.05) is 36.4 Å². The van der Waals surface area contributed by atoms with Crippen LogP contribution in [-0.4, -0.2) is 29.6 Å². The first-order chi connectivity index (χ1) is 11.8. The van der Waals surface area contributed by atoms with E-state index in [1.165, 1.54) is 0 Å². The van der Waals surface area contributed by atoms with E-state index in [9.17, 15) is 4.79 Å². The van der Waals surface area contributed by atoms with E-state index in [0.717, 1.165) is 42.8 Å². The van der Waals surface area contributed by atoms with Crippen LogP contribution in [0, 0.1) is 0 Å². The number of piperidine rings is 1. The lowest BCUT2D eigenvalue weighted by molar-refractivity contribution is 0.0678. The Hall–Kier alpha value is -2.56. The summed E-state index contributed by atoms with van der Waals surface area (Å²) >= 11 is 0. The Labute approximate surface area is 142 Å². The maximum Gasteiger partial charge on any atom is 0.410 e. The van der Waals surface area contributed by atoms with Gasteiger partial charge >= 0.3 is 6.09 Å². The smallest absolute Gasteiger partial charge is 0.410 e. The third-order valence-corrected chi connectivity index (χ3v) is 4.37. The van der Waals surface area contributed by atoms with Crippen LogP contribution in [0.3, 0.4) is 0 Å². The maximum absolute atomic E-state index is 12.5. The van der Waals surface area contributed by atoms with Crippen molar-refractivity contribution in [2.75, 3.05) is 18.9 Å². The molecule has 0 bridgehead atoms. The van der Waals surface area contributed by atoms with Gasteiger partial charge in [0.2, 0.25) is 0 Å². The molecular formula is C19H23N3O2. The molecule has 5 heteroatoms. The quantitative estimate of drug-likeness (QED) is 0.923. The minimum absolute atomic E-state index is 0.0421. The molecule has 1 aliphatic heterocycles. The number of nitrogens with zero attached hydrogens (tertiary/aromatic N) is 2. The number of benzene rings is 1. The third kappa shape index (κ3) is 3.85. The van der Waals surface area contributed by atoms with Crippen molar-refractivity contribution in [2.24, 2.45) is 0 Å². The second kappa shape index (κ2) is 7.81. The van der Waals surface area contributed by atoms with Crippen molar-refractivity contribution in [1.82, 2.24) is 9.88 Å². The summed E-state index contributed by atoms with van der Waals surface area (Å²) in [6.07, 6.45) is 4.67. The number of amides is 1. The highest BCUT2D eigenvalue weighted by atomic mass is 16.6. The van der Waals surface area contributed by atoms with Crippen LogP contribution in [0.2, 0.25) is 0 Å². The molecule has 5 nitrogen and oxygen atoms in total. The van der Waals surface area contributed by atoms with Crippen LogP contribution >= 0.6 is 0 Å². The average Bonchev–Trinajstić information content (AvgIpc) is 2.67. The second-order valence-corrected chi connectivity index (χ2v) is 5.97. The minimum Gasteiger partial charge on any atom is -0.445 e. The molecule has 2 heterocycles. The first kappa shape index (κ1) is 16.3. The van der Waals surface area contributed by atoms with E-state index in [1.54, 1.807) is 0 Å². The van der Waals surface area contributed by atoms with Gasteiger partial charge in [0, 0.05) is 19.8 Å². The molecule has 0 saturated carbocycles. The van der Waals surface area contributed by atoms with Gasteiger partial charge in [-0.2, -0.15) is 0 Å². The Morgan fingerprint density at radius 3 is 2.79 bits per heavy atom. The number of rotatable bonds is 4. The molecule has 24 heavy (non-hydrogen) atoms. The summed E-state index contributed by atoms with van der Waals surface area (Å²) in [4.78, 5) is 18.8. The summed E-state index contributed by atoms with van der Waals surface area (Å²) in [6.45, 7) is 1.03. The van der Waals surface area contributed by atoms with Gasteiger partial charge in [-0.15, -0.1) is 0 Å². The first-order valence-electron chi connectivity index (χ1n) is 8.39. The van der Waals surface area contributed by atoms with E-state index < -0.39 is 0 Å². The lowest BCUT2D eigenvalue weighted by Gasteiger charge is -2.35. The molecule has 1 aromatic carbocycles. The second-order valence-electron chi connectivity index (χ2n) is 5.97. The number of anilines is 1. The molecule has 0 unspecified atom stereocenters. The van der Waals surface area contributed by atoms with E-state index in [4.69, 9.17) is 4.74 Å². The molecule has 3 rings (SSSR count). The number of nitrogens with one attached hydrogen (secondary N) is 1. The zero-order chi connectivity index (χ0) is 16.8. The number of hydrogen-bond donors (Lipinski definition) is 1. The molecule has 1 atom stereocenters. The largest absolute Gasteiger partial charge is 0.445 e. The summed E-state index contributed by atoms with van der Waals surface area (Å²) in [6, 6.07) is 13.8. The third-order valence-electron chi connectivity index (χ3n) is 4.37. The fraction of sp³-hybridized carbons (Fsp3) is 0.368. The SMILES string of the molecule is CNc1ccc([C@H]2CCCCN2C(=O)OCc2ccccc2)cn1. The van der Waals surface area contributed by atoms with Crippen molar-refractivity contribution in [3.05, 3.63) is 59.8 Å². The number of hydrogen-bond acceptors (Lipinski definition) is 4. The number of carbonyl (C=O) groups excluding carboxylic acids is 1. The molecule has 126 valence electrons. The normalized spacial score (nSPS) is 17.4. The van der Waals surface area contributed by atoms with Crippen LogP contribution in [0.25, 0.3) is 0 Å². The van der Waals surface area contributed by atoms with Crippen LogP contribution in [-0.2, 0) is 11.3 Å². The van der Waals surface area contributed by atoms with Crippen molar-refractivity contribution in [2.45, 2.75) is 31.9 Å². The Morgan fingerprint density at radius 1 is 1.25 bits per heavy atom. The molecule has 1 N–H and O–H groups in total. The number of carbonyl (C=O) groups is 1. The zero-order valence-corrected chi connectivity index (χ0v) is 13.9. The number of aromatic nitrogens is 1. The molecule has 2 aromatic rings. The van der Waals surface area contributed by atoms with Crippen molar-refractivity contribution in [1.29, 1.82) is 0 Å². The van der Waals surface area contributed by atoms with Gasteiger partial charge in [0.05, 0.1) is 6.04 Å². The Bertz CT molecular complexity index is 658. The monoisotopic (exact) mass is 325 g/mol. The van der Waals surface area contributed by atoms with Crippen molar-refractivity contribution in [3.63, 3.8) is 0 Å². The lowest BCUT2D eigenvalue weighted by atomic mass is 9.97. The van der Waals surface area contributed by atoms with E-state index in [-0.39, 0.29) is 12.1 Å². The highest BCUT2D eigenvalue weighted by molar-refractivity contribution is 5.68. The molecule has 1 aromatic heterocycles. The zero-order valence-electron chi connectivity index (χ0n) is 13.9. The van der Waals surface area contributed by atoms with Crippen molar-refractivity contribution < 1.29 is 9.53 Å². The fourth-order valence-electron chi connectivity index (χ4n) is 3.05. The summed E-state index contributed by atoms with van der Waals surface area (Å²) in [7, 11) is 1.84. The maximum atomic E-state index is 12.5. The van der Waals surface area contributed by atoms with E-state index in [2.05, 4.69) is 10.3 Å². The highest BCUT2D eigenvalue weighted by Gasteiger charge is 2.29. The Kier molecular flexibility index (Phi) is 5.31. The predicted molar refractivity (Wildman–Crippen MR) is 93.7 cm³/mol. The molecule has 1 aliphatic rings. The number of pyridine rings is 1. The summed E-state index contributed by atoms with van der Waals surface area (Å²) in [5.74, 6) is 0.827. The summed E-state index contributed by atoms with van der Waals surface area (Å²) in [5.41, 5.74) is 2.06. The molecule has 0 spiro atoms. The van der Waals surface area contributed by atoms with Crippen molar-refractivity contribution in [3.8, 4) is 0 Å². The van der Waals surface area contributed by atoms with E-state index >= 15 is 0 Å². The molecule has 0 aliphatic carbocycles. The fourth-order valence-corrected chi connectivity index (χ4v) is 3.05. The van der Waals surface area contributed by atoms with E-state index in [1.807, 2.05) is 60.6 Å². The van der Waals surface area contributed by atoms with Crippen LogP contribution in [0.4, 0.5) is 10.6 Å². The van der Waals surface area contributed by atoms with Crippen LogP contribution in [0.15, 0.2) is 48.7 Å². The summed E-state index contributed by atoms with van der Waals surface area (Å²) in [5, 5.41) is 3.01. The average molecular weight is 325 g/mol. The first-order valence-corrected chi connectivity index (χ1v) is 8.39. The van der Waals surface area contributed by atoms with Gasteiger partial charge in [-0.05, 0) is 36.5 Å². The van der Waals surface area contributed by atoms with Gasteiger partial charge in [0.25, 0.3) is 0 Å². The van der Waals surface area contributed by atoms with Crippen LogP contribution < -0.4 is 5.32 Å².